The Balaban J connectivity index is -0.0000000170. The number of hydrogen-bond acceptors (Lipinski definition) is 9. The van der Waals surface area contributed by atoms with E-state index in [9.17, 15) is 24.0 Å². The van der Waals surface area contributed by atoms with E-state index in [4.69, 9.17) is 0 Å². The molecule has 0 saturated carbocycles. The maximum absolute atomic E-state index is 10.6. The molecule has 9 nitrogen and oxygen atoms in total. The van der Waals surface area contributed by atoms with Gasteiger partial charge in [-0.05, 0) is 0 Å². The molecule has 0 aliphatic carbocycles. The first-order valence-corrected chi connectivity index (χ1v) is 3.65. The quantitative estimate of drug-likeness (QED) is 0.218. The van der Waals surface area contributed by atoms with E-state index in [2.05, 4.69) is 18.9 Å². The van der Waals surface area contributed by atoms with Gasteiger partial charge < -0.3 is 27.5 Å². The Morgan fingerprint density at radius 1 is 0.545 bits per heavy atom. The third kappa shape index (κ3) is 32.5. The molecule has 0 aromatic heterocycles. The van der Waals surface area contributed by atoms with Gasteiger partial charge in [0.2, 0.25) is 0 Å². The molecule has 0 N–H and O–H groups in total. The molecule has 0 amide bonds. The van der Waals surface area contributed by atoms with Crippen molar-refractivity contribution in [2.75, 3.05) is 0 Å². The molecule has 0 bridgehead atoms. The van der Waals surface area contributed by atoms with Crippen LogP contribution in [0.3, 0.4) is 0 Å². The second-order valence-electron chi connectivity index (χ2n) is 2.14. The van der Waals surface area contributed by atoms with Crippen LogP contribution in [0.2, 0.25) is 0 Å². The van der Waals surface area contributed by atoms with Crippen molar-refractivity contribution in [3.8, 4) is 0 Å². The Kier molecular flexibility index (Phi) is 58.0. The molecule has 0 aromatic carbocycles. The van der Waals surface area contributed by atoms with Crippen molar-refractivity contribution in [2.24, 2.45) is 0 Å². The predicted octanol–water partition coefficient (Wildman–Crippen LogP) is -16.8. The van der Waals surface area contributed by atoms with E-state index < -0.39 is 30.4 Å². The Bertz CT molecular complexity index is 355. The summed E-state index contributed by atoms with van der Waals surface area (Å²) in [7, 11) is 0. The molecule has 15 heteroatoms. The minimum Gasteiger partial charge on any atom is -1.00 e. The number of carbonyl (C=O) groups is 5. The van der Waals surface area contributed by atoms with Crippen LogP contribution in [0.25, 0.3) is 0 Å². The zero-order valence-electron chi connectivity index (χ0n) is 20.2. The number of esters is 2. The van der Waals surface area contributed by atoms with Crippen LogP contribution in [0.1, 0.15) is 22.4 Å². The molecule has 0 saturated heterocycles. The third-order valence-corrected chi connectivity index (χ3v) is 0.787. The largest absolute Gasteiger partial charge is 1.00 e. The van der Waals surface area contributed by atoms with E-state index in [1.807, 2.05) is 0 Å². The average molecular weight is 410 g/mol. The molecule has 0 spiro atoms. The molecule has 22 heavy (non-hydrogen) atoms. The van der Waals surface area contributed by atoms with Gasteiger partial charge in [0, 0.05) is 13.8 Å². The number of ether oxygens (including phenoxy) is 4. The number of rotatable bonds is 0. The number of hydrogen-bond donors (Lipinski definition) is 0. The van der Waals surface area contributed by atoms with E-state index in [-0.39, 0.29) is 230 Å². The Hall–Kier alpha value is 4.82. The molecule has 0 unspecified atom stereocenters. The van der Waals surface area contributed by atoms with Crippen LogP contribution in [0.5, 0.6) is 0 Å². The smallest absolute Gasteiger partial charge is 1.00 e. The van der Waals surface area contributed by atoms with Crippen LogP contribution in [0, 0.1) is 0 Å². The first-order chi connectivity index (χ1) is 7.31. The average Bonchev–Trinajstić information content (AvgIpc) is 1.97. The van der Waals surface area contributed by atoms with E-state index in [0.717, 1.165) is 13.8 Å². The van der Waals surface area contributed by atoms with Crippen molar-refractivity contribution >= 4 is 30.4 Å². The fraction of sp³-hybridized carbons (Fsp3) is 0.286. The van der Waals surface area contributed by atoms with Crippen molar-refractivity contribution in [1.29, 1.82) is 0 Å². The third-order valence-electron chi connectivity index (χ3n) is 0.787. The van der Waals surface area contributed by atoms with Gasteiger partial charge in [-0.2, -0.15) is 0 Å². The van der Waals surface area contributed by atoms with E-state index in [1.165, 1.54) is 0 Å². The van der Waals surface area contributed by atoms with Gasteiger partial charge in [-0.15, -0.1) is 0 Å². The van der Waals surface area contributed by atoms with Crippen molar-refractivity contribution in [3.63, 3.8) is 0 Å². The molecule has 0 radical (unpaired) electrons. The van der Waals surface area contributed by atoms with Gasteiger partial charge in [-0.1, -0.05) is 0 Å². The summed E-state index contributed by atoms with van der Waals surface area (Å²) < 4.78 is 14.8. The molecule has 0 aromatic rings. The van der Waals surface area contributed by atoms with Crippen molar-refractivity contribution in [2.45, 2.75) is 13.8 Å². The Labute approximate surface area is 309 Å². The molecular formula is C7H12K2Na4O9. The summed E-state index contributed by atoms with van der Waals surface area (Å²) >= 11 is 0. The molecule has 0 fully saturated rings. The van der Waals surface area contributed by atoms with Crippen molar-refractivity contribution in [1.82, 2.24) is 0 Å². The van der Waals surface area contributed by atoms with Crippen LogP contribution < -0.4 is 221 Å². The predicted molar refractivity (Wildman–Crippen MR) is 48.6 cm³/mol. The van der Waals surface area contributed by atoms with Gasteiger partial charge in [0.1, 0.15) is 0 Å². The first-order valence-electron chi connectivity index (χ1n) is 3.65. The summed E-state index contributed by atoms with van der Waals surface area (Å²) in [5, 5.41) is 0. The van der Waals surface area contributed by atoms with E-state index >= 15 is 0 Å². The van der Waals surface area contributed by atoms with Gasteiger partial charge >= 0.3 is 251 Å². The van der Waals surface area contributed by atoms with Crippen LogP contribution in [0.15, 0.2) is 0 Å². The fourth-order valence-electron chi connectivity index (χ4n) is 0.433. The van der Waals surface area contributed by atoms with Gasteiger partial charge in [0.05, 0.1) is 0 Å². The van der Waals surface area contributed by atoms with Crippen LogP contribution in [-0.2, 0) is 28.5 Å². The molecule has 0 rings (SSSR count). The molecule has 0 aliphatic heterocycles. The normalized spacial score (nSPS) is 6.27. The van der Waals surface area contributed by atoms with Gasteiger partial charge in [-0.25, -0.2) is 14.4 Å². The second-order valence-corrected chi connectivity index (χ2v) is 2.14. The minimum atomic E-state index is -1.79. The summed E-state index contributed by atoms with van der Waals surface area (Å²) in [5.74, 6) is -2.05. The summed E-state index contributed by atoms with van der Waals surface area (Å²) in [6.07, 6.45) is -5.14. The van der Waals surface area contributed by atoms with Gasteiger partial charge in [0.25, 0.3) is 0 Å². The van der Waals surface area contributed by atoms with Crippen molar-refractivity contribution in [3.05, 3.63) is 0 Å². The fourth-order valence-corrected chi connectivity index (χ4v) is 0.433. The van der Waals surface area contributed by atoms with Gasteiger partial charge in [-0.3, -0.25) is 9.59 Å². The Morgan fingerprint density at radius 3 is 0.909 bits per heavy atom. The summed E-state index contributed by atoms with van der Waals surface area (Å²) in [4.78, 5) is 51.9. The molecule has 0 heterocycles. The summed E-state index contributed by atoms with van der Waals surface area (Å²) in [6.45, 7) is 1.77. The minimum absolute atomic E-state index is 0. The Morgan fingerprint density at radius 2 is 0.727 bits per heavy atom. The maximum atomic E-state index is 10.6. The molecule has 0 aliphatic rings. The topological polar surface area (TPSA) is 122 Å². The van der Waals surface area contributed by atoms with Crippen LogP contribution in [0.4, 0.5) is 14.4 Å². The molecule has 100 valence electrons. The number of carbonyl (C=O) groups excluding carboxylic acids is 5. The zero-order chi connectivity index (χ0) is 12.7. The summed E-state index contributed by atoms with van der Waals surface area (Å²) in [6, 6.07) is 0. The second kappa shape index (κ2) is 28.0. The monoisotopic (exact) mass is 410 g/mol. The van der Waals surface area contributed by atoms with Crippen LogP contribution >= 0.6 is 0 Å². The van der Waals surface area contributed by atoms with Gasteiger partial charge in [0.15, 0.2) is 0 Å². The van der Waals surface area contributed by atoms with E-state index in [0.29, 0.717) is 0 Å². The van der Waals surface area contributed by atoms with Crippen molar-refractivity contribution < 1.29 is 272 Å². The summed E-state index contributed by atoms with van der Waals surface area (Å²) in [5.41, 5.74) is 0. The maximum Gasteiger partial charge on any atom is 1.00 e. The molecular weight excluding hydrogens is 398 g/mol. The van der Waals surface area contributed by atoms with Crippen LogP contribution in [-0.4, -0.2) is 30.4 Å². The van der Waals surface area contributed by atoms with E-state index in [1.54, 1.807) is 0 Å². The SMILES string of the molecule is CC(=O)OC(=O)OC(=O)OC(=O)OC(C)=O.[H-].[H-].[H-].[H-].[H-].[H-].[K+].[K+].[Na+].[Na+].[Na+].[Na+]. The standard InChI is InChI=1S/C7H6O9.2K.4Na.6H/c1-3(8)13-5(10)15-7(12)16-6(11)14-4(2)9;;;;;;;;;;;;/h1-2H3;;;;;;;;;;;;/q;6*+1;6*-1. The molecule has 0 atom stereocenters. The zero-order valence-corrected chi connectivity index (χ0v) is 28.4. The first kappa shape index (κ1) is 45.5.